The highest BCUT2D eigenvalue weighted by Crippen LogP contribution is 2.19. The summed E-state index contributed by atoms with van der Waals surface area (Å²) in [5.41, 5.74) is 1.81. The molecular formula is C16H15N5O. The van der Waals surface area contributed by atoms with Crippen molar-refractivity contribution in [2.45, 2.75) is 6.92 Å². The van der Waals surface area contributed by atoms with Crippen LogP contribution in [-0.4, -0.2) is 20.1 Å². The predicted molar refractivity (Wildman–Crippen MR) is 85.7 cm³/mol. The van der Waals surface area contributed by atoms with Gasteiger partial charge in [-0.3, -0.25) is 0 Å². The third-order valence-corrected chi connectivity index (χ3v) is 2.93. The molecule has 0 spiro atoms. The van der Waals surface area contributed by atoms with Crippen LogP contribution in [0.1, 0.15) is 5.56 Å². The van der Waals surface area contributed by atoms with E-state index in [1.807, 2.05) is 25.1 Å². The Bertz CT molecular complexity index is 773. The van der Waals surface area contributed by atoms with Crippen molar-refractivity contribution < 1.29 is 5.11 Å². The number of anilines is 4. The molecule has 0 atom stereocenters. The van der Waals surface area contributed by atoms with Gasteiger partial charge in [-0.2, -0.15) is 4.98 Å². The Balaban J connectivity index is 1.76. The first-order valence-corrected chi connectivity index (χ1v) is 6.78. The molecule has 0 radical (unpaired) electrons. The van der Waals surface area contributed by atoms with Gasteiger partial charge in [0.05, 0.1) is 0 Å². The molecule has 22 heavy (non-hydrogen) atoms. The maximum absolute atomic E-state index is 9.46. The van der Waals surface area contributed by atoms with Crippen molar-refractivity contribution >= 4 is 23.3 Å². The van der Waals surface area contributed by atoms with Gasteiger partial charge in [-0.15, -0.1) is 0 Å². The topological polar surface area (TPSA) is 83.0 Å². The molecule has 0 unspecified atom stereocenters. The zero-order valence-corrected chi connectivity index (χ0v) is 12.0. The molecule has 1 aromatic carbocycles. The maximum Gasteiger partial charge on any atom is 0.229 e. The van der Waals surface area contributed by atoms with Crippen LogP contribution in [0.25, 0.3) is 0 Å². The van der Waals surface area contributed by atoms with Gasteiger partial charge in [0.25, 0.3) is 0 Å². The molecule has 2 heterocycles. The fourth-order valence-corrected chi connectivity index (χ4v) is 1.87. The van der Waals surface area contributed by atoms with Gasteiger partial charge in [-0.05, 0) is 36.8 Å². The van der Waals surface area contributed by atoms with Crippen LogP contribution in [0.2, 0.25) is 0 Å². The number of nitrogens with one attached hydrogen (secondary N) is 2. The molecule has 6 nitrogen and oxygen atoms in total. The summed E-state index contributed by atoms with van der Waals surface area (Å²) in [5.74, 6) is 1.97. The third kappa shape index (κ3) is 3.49. The molecule has 3 N–H and O–H groups in total. The fourth-order valence-electron chi connectivity index (χ4n) is 1.87. The van der Waals surface area contributed by atoms with E-state index in [1.165, 1.54) is 0 Å². The van der Waals surface area contributed by atoms with Crippen LogP contribution >= 0.6 is 0 Å². The van der Waals surface area contributed by atoms with Crippen molar-refractivity contribution in [1.29, 1.82) is 0 Å². The minimum absolute atomic E-state index is 0.183. The first kappa shape index (κ1) is 13.8. The number of aryl methyl sites for hydroxylation is 1. The van der Waals surface area contributed by atoms with Gasteiger partial charge < -0.3 is 15.7 Å². The Morgan fingerprint density at radius 3 is 2.64 bits per heavy atom. The summed E-state index contributed by atoms with van der Waals surface area (Å²) in [6.07, 6.45) is 3.43. The Morgan fingerprint density at radius 1 is 0.955 bits per heavy atom. The predicted octanol–water partition coefficient (Wildman–Crippen LogP) is 3.37. The van der Waals surface area contributed by atoms with Crippen LogP contribution in [0.3, 0.4) is 0 Å². The molecular weight excluding hydrogens is 278 g/mol. The van der Waals surface area contributed by atoms with E-state index in [-0.39, 0.29) is 5.75 Å². The van der Waals surface area contributed by atoms with Crippen LogP contribution < -0.4 is 10.6 Å². The highest BCUT2D eigenvalue weighted by atomic mass is 16.3. The van der Waals surface area contributed by atoms with Gasteiger partial charge in [-0.1, -0.05) is 12.1 Å². The van der Waals surface area contributed by atoms with Crippen molar-refractivity contribution in [2.75, 3.05) is 10.6 Å². The molecule has 110 valence electrons. The van der Waals surface area contributed by atoms with Crippen molar-refractivity contribution in [3.8, 4) is 5.75 Å². The second kappa shape index (κ2) is 6.09. The van der Waals surface area contributed by atoms with Crippen LogP contribution in [0.5, 0.6) is 5.75 Å². The lowest BCUT2D eigenvalue weighted by atomic mass is 10.3. The van der Waals surface area contributed by atoms with Crippen molar-refractivity contribution in [3.63, 3.8) is 0 Å². The minimum Gasteiger partial charge on any atom is -0.508 e. The molecule has 0 bridgehead atoms. The number of benzene rings is 1. The average molecular weight is 293 g/mol. The molecule has 3 aromatic rings. The summed E-state index contributed by atoms with van der Waals surface area (Å²) in [7, 11) is 0. The van der Waals surface area contributed by atoms with Gasteiger partial charge in [0.2, 0.25) is 5.95 Å². The number of aromatic hydroxyl groups is 1. The Kier molecular flexibility index (Phi) is 3.82. The molecule has 0 amide bonds. The molecule has 6 heteroatoms. The summed E-state index contributed by atoms with van der Waals surface area (Å²) >= 11 is 0. The van der Waals surface area contributed by atoms with Crippen LogP contribution in [0, 0.1) is 6.92 Å². The van der Waals surface area contributed by atoms with E-state index >= 15 is 0 Å². The minimum atomic E-state index is 0.183. The number of rotatable bonds is 4. The van der Waals surface area contributed by atoms with Crippen molar-refractivity contribution in [1.82, 2.24) is 15.0 Å². The largest absolute Gasteiger partial charge is 0.508 e. The van der Waals surface area contributed by atoms with Crippen molar-refractivity contribution in [2.24, 2.45) is 0 Å². The number of hydrogen-bond acceptors (Lipinski definition) is 6. The average Bonchev–Trinajstić information content (AvgIpc) is 2.50. The Labute approximate surface area is 127 Å². The van der Waals surface area contributed by atoms with E-state index in [0.29, 0.717) is 23.3 Å². The Hall–Kier alpha value is -3.15. The van der Waals surface area contributed by atoms with Gasteiger partial charge in [0.15, 0.2) is 0 Å². The summed E-state index contributed by atoms with van der Waals surface area (Å²) < 4.78 is 0. The first-order chi connectivity index (χ1) is 10.7. The van der Waals surface area contributed by atoms with Gasteiger partial charge >= 0.3 is 0 Å². The van der Waals surface area contributed by atoms with E-state index in [2.05, 4.69) is 25.6 Å². The number of phenols is 1. The van der Waals surface area contributed by atoms with Gasteiger partial charge in [-0.25, -0.2) is 9.97 Å². The molecule has 0 aliphatic carbocycles. The third-order valence-electron chi connectivity index (χ3n) is 2.93. The number of phenolic OH excluding ortho intramolecular Hbond substituents is 1. The van der Waals surface area contributed by atoms with Crippen LogP contribution in [0.4, 0.5) is 23.3 Å². The number of nitrogens with zero attached hydrogens (tertiary/aromatic N) is 3. The monoisotopic (exact) mass is 293 g/mol. The lowest BCUT2D eigenvalue weighted by molar-refractivity contribution is 0.475. The molecule has 0 saturated carbocycles. The number of aromatic nitrogens is 3. The standard InChI is InChI=1S/C16H15N5O/c1-11-5-6-14(18-10-11)20-15-7-8-17-16(21-15)19-12-3-2-4-13(22)9-12/h2-10,22H,1H3,(H2,17,18,19,20,21). The second-order valence-corrected chi connectivity index (χ2v) is 4.79. The summed E-state index contributed by atoms with van der Waals surface area (Å²) in [6.45, 7) is 1.98. The summed E-state index contributed by atoms with van der Waals surface area (Å²) in [6, 6.07) is 12.4. The highest BCUT2D eigenvalue weighted by Gasteiger charge is 2.02. The van der Waals surface area contributed by atoms with E-state index in [9.17, 15) is 5.11 Å². The normalized spacial score (nSPS) is 10.2. The molecule has 0 aliphatic heterocycles. The van der Waals surface area contributed by atoms with Gasteiger partial charge in [0.1, 0.15) is 17.4 Å². The van der Waals surface area contributed by atoms with E-state index < -0.39 is 0 Å². The quantitative estimate of drug-likeness (QED) is 0.684. The zero-order valence-electron chi connectivity index (χ0n) is 12.0. The molecule has 0 saturated heterocycles. The zero-order chi connectivity index (χ0) is 15.4. The summed E-state index contributed by atoms with van der Waals surface area (Å²) in [4.78, 5) is 12.8. The van der Waals surface area contributed by atoms with Gasteiger partial charge in [0, 0.05) is 24.1 Å². The lowest BCUT2D eigenvalue weighted by Gasteiger charge is -2.08. The molecule has 0 fully saturated rings. The van der Waals surface area contributed by atoms with E-state index in [0.717, 1.165) is 5.56 Å². The van der Waals surface area contributed by atoms with E-state index in [4.69, 9.17) is 0 Å². The van der Waals surface area contributed by atoms with Crippen molar-refractivity contribution in [3.05, 3.63) is 60.4 Å². The lowest BCUT2D eigenvalue weighted by Crippen LogP contribution is -2.01. The fraction of sp³-hybridized carbons (Fsp3) is 0.0625. The maximum atomic E-state index is 9.46. The molecule has 0 aliphatic rings. The molecule has 2 aromatic heterocycles. The SMILES string of the molecule is Cc1ccc(Nc2ccnc(Nc3cccc(O)c3)n2)nc1. The number of hydrogen-bond donors (Lipinski definition) is 3. The Morgan fingerprint density at radius 2 is 1.86 bits per heavy atom. The van der Waals surface area contributed by atoms with Crippen LogP contribution in [-0.2, 0) is 0 Å². The second-order valence-electron chi connectivity index (χ2n) is 4.79. The highest BCUT2D eigenvalue weighted by molar-refractivity contribution is 5.58. The number of pyridine rings is 1. The smallest absolute Gasteiger partial charge is 0.229 e. The first-order valence-electron chi connectivity index (χ1n) is 6.78. The molecule has 3 rings (SSSR count). The van der Waals surface area contributed by atoms with Crippen LogP contribution in [0.15, 0.2) is 54.9 Å². The summed E-state index contributed by atoms with van der Waals surface area (Å²) in [5, 5.41) is 15.6. The van der Waals surface area contributed by atoms with E-state index in [1.54, 1.807) is 36.7 Å².